The summed E-state index contributed by atoms with van der Waals surface area (Å²) in [5.74, 6) is -1.09. The number of aromatic carboxylic acids is 1. The number of thiophene rings is 1. The average Bonchev–Trinajstić information content (AvgIpc) is 3.20. The van der Waals surface area contributed by atoms with E-state index in [4.69, 9.17) is 5.11 Å². The Hall–Kier alpha value is -2.06. The quantitative estimate of drug-likeness (QED) is 0.864. The summed E-state index contributed by atoms with van der Waals surface area (Å²) in [5, 5.41) is 10.8. The molecule has 0 atom stereocenters. The van der Waals surface area contributed by atoms with Crippen LogP contribution in [0.4, 0.5) is 11.4 Å². The summed E-state index contributed by atoms with van der Waals surface area (Å²) in [6.45, 7) is 1.67. The van der Waals surface area contributed by atoms with Gasteiger partial charge in [0.1, 0.15) is 4.21 Å². The van der Waals surface area contributed by atoms with Gasteiger partial charge in [0, 0.05) is 13.1 Å². The maximum Gasteiger partial charge on any atom is 0.335 e. The number of carbonyl (C=O) groups is 1. The van der Waals surface area contributed by atoms with Gasteiger partial charge in [0.15, 0.2) is 0 Å². The summed E-state index contributed by atoms with van der Waals surface area (Å²) in [4.78, 5) is 13.3. The fraction of sp³-hybridized carbons (Fsp3) is 0.267. The Morgan fingerprint density at radius 2 is 1.96 bits per heavy atom. The van der Waals surface area contributed by atoms with Crippen molar-refractivity contribution in [3.8, 4) is 0 Å². The van der Waals surface area contributed by atoms with Gasteiger partial charge in [-0.25, -0.2) is 13.2 Å². The first-order valence-electron chi connectivity index (χ1n) is 7.16. The molecular weight excluding hydrogens is 336 g/mol. The lowest BCUT2D eigenvalue weighted by molar-refractivity contribution is 0.0697. The summed E-state index contributed by atoms with van der Waals surface area (Å²) in [6.07, 6.45) is 2.08. The molecule has 6 nitrogen and oxygen atoms in total. The number of nitrogens with one attached hydrogen (secondary N) is 1. The van der Waals surface area contributed by atoms with Crippen LogP contribution < -0.4 is 9.62 Å². The maximum atomic E-state index is 12.4. The van der Waals surface area contributed by atoms with Crippen molar-refractivity contribution in [1.29, 1.82) is 0 Å². The summed E-state index contributed by atoms with van der Waals surface area (Å²) in [6, 6.07) is 7.72. The summed E-state index contributed by atoms with van der Waals surface area (Å²) < 4.78 is 27.6. The fourth-order valence-corrected chi connectivity index (χ4v) is 4.65. The predicted octanol–water partition coefficient (Wildman–Crippen LogP) is 2.85. The second-order valence-electron chi connectivity index (χ2n) is 5.27. The zero-order valence-corrected chi connectivity index (χ0v) is 13.9. The van der Waals surface area contributed by atoms with Crippen LogP contribution in [0.15, 0.2) is 39.9 Å². The van der Waals surface area contributed by atoms with Crippen LogP contribution >= 0.6 is 11.3 Å². The van der Waals surface area contributed by atoms with Crippen molar-refractivity contribution in [3.63, 3.8) is 0 Å². The monoisotopic (exact) mass is 352 g/mol. The van der Waals surface area contributed by atoms with Gasteiger partial charge in [0.05, 0.1) is 16.9 Å². The number of carboxylic acid groups (broad SMARTS) is 1. The standard InChI is InChI=1S/C15H16N2O4S2/c18-15(19)11-5-6-13(17-7-1-2-8-17)12(10-11)16-23(20,21)14-4-3-9-22-14/h3-6,9-10,16H,1-2,7-8H2,(H,18,19). The average molecular weight is 352 g/mol. The Morgan fingerprint density at radius 3 is 2.57 bits per heavy atom. The third-order valence-electron chi connectivity index (χ3n) is 3.69. The molecule has 122 valence electrons. The molecule has 1 aromatic carbocycles. The van der Waals surface area contributed by atoms with Crippen LogP contribution in [0.5, 0.6) is 0 Å². The number of carboxylic acids is 1. The first-order valence-corrected chi connectivity index (χ1v) is 9.52. The van der Waals surface area contributed by atoms with E-state index in [2.05, 4.69) is 9.62 Å². The van der Waals surface area contributed by atoms with Crippen LogP contribution in [0.25, 0.3) is 0 Å². The smallest absolute Gasteiger partial charge is 0.335 e. The number of benzene rings is 1. The highest BCUT2D eigenvalue weighted by molar-refractivity contribution is 7.94. The van der Waals surface area contributed by atoms with Gasteiger partial charge in [-0.3, -0.25) is 4.72 Å². The van der Waals surface area contributed by atoms with Gasteiger partial charge in [0.2, 0.25) is 0 Å². The van der Waals surface area contributed by atoms with E-state index in [0.29, 0.717) is 11.4 Å². The van der Waals surface area contributed by atoms with E-state index in [1.54, 1.807) is 17.5 Å². The minimum Gasteiger partial charge on any atom is -0.478 e. The first kappa shape index (κ1) is 15.8. The number of anilines is 2. The van der Waals surface area contributed by atoms with E-state index in [1.165, 1.54) is 18.2 Å². The lowest BCUT2D eigenvalue weighted by Gasteiger charge is -2.22. The van der Waals surface area contributed by atoms with Crippen molar-refractivity contribution in [2.45, 2.75) is 17.1 Å². The van der Waals surface area contributed by atoms with Gasteiger partial charge in [-0.15, -0.1) is 11.3 Å². The highest BCUT2D eigenvalue weighted by atomic mass is 32.2. The van der Waals surface area contributed by atoms with Gasteiger partial charge >= 0.3 is 5.97 Å². The van der Waals surface area contributed by atoms with E-state index in [0.717, 1.165) is 37.3 Å². The Kier molecular flexibility index (Phi) is 4.27. The molecule has 2 heterocycles. The van der Waals surface area contributed by atoms with Gasteiger partial charge in [0.25, 0.3) is 10.0 Å². The third-order valence-corrected chi connectivity index (χ3v) is 6.46. The molecule has 0 unspecified atom stereocenters. The molecule has 0 bridgehead atoms. The molecule has 8 heteroatoms. The maximum absolute atomic E-state index is 12.4. The number of hydrogen-bond donors (Lipinski definition) is 2. The molecule has 0 saturated carbocycles. The van der Waals surface area contributed by atoms with Crippen LogP contribution in [0.2, 0.25) is 0 Å². The van der Waals surface area contributed by atoms with E-state index in [9.17, 15) is 13.2 Å². The largest absolute Gasteiger partial charge is 0.478 e. The van der Waals surface area contributed by atoms with E-state index in [1.807, 2.05) is 0 Å². The number of hydrogen-bond acceptors (Lipinski definition) is 5. The molecule has 1 fully saturated rings. The Bertz CT molecular complexity index is 810. The molecule has 0 spiro atoms. The number of rotatable bonds is 5. The van der Waals surface area contributed by atoms with E-state index >= 15 is 0 Å². The van der Waals surface area contributed by atoms with Crippen LogP contribution in [-0.4, -0.2) is 32.6 Å². The summed E-state index contributed by atoms with van der Waals surface area (Å²) in [7, 11) is -3.72. The Labute approximate surface area is 138 Å². The molecule has 0 aliphatic carbocycles. The number of sulfonamides is 1. The van der Waals surface area contributed by atoms with Gasteiger partial charge in [-0.1, -0.05) is 6.07 Å². The van der Waals surface area contributed by atoms with Crippen LogP contribution in [0.1, 0.15) is 23.2 Å². The van der Waals surface area contributed by atoms with E-state index < -0.39 is 16.0 Å². The molecule has 3 rings (SSSR count). The normalized spacial score (nSPS) is 14.9. The van der Waals surface area contributed by atoms with Crippen LogP contribution in [0.3, 0.4) is 0 Å². The zero-order valence-electron chi connectivity index (χ0n) is 12.2. The zero-order chi connectivity index (χ0) is 16.4. The second-order valence-corrected chi connectivity index (χ2v) is 8.13. The van der Waals surface area contributed by atoms with E-state index in [-0.39, 0.29) is 9.77 Å². The van der Waals surface area contributed by atoms with Crippen molar-refractivity contribution in [2.75, 3.05) is 22.7 Å². The Balaban J connectivity index is 2.01. The molecule has 1 saturated heterocycles. The SMILES string of the molecule is O=C(O)c1ccc(N2CCCC2)c(NS(=O)(=O)c2cccs2)c1. The molecule has 1 aromatic heterocycles. The molecule has 1 aliphatic rings. The molecule has 23 heavy (non-hydrogen) atoms. The highest BCUT2D eigenvalue weighted by Gasteiger charge is 2.22. The van der Waals surface area contributed by atoms with Crippen molar-refractivity contribution in [3.05, 3.63) is 41.3 Å². The molecular formula is C15H16N2O4S2. The van der Waals surface area contributed by atoms with Crippen LogP contribution in [0, 0.1) is 0 Å². The van der Waals surface area contributed by atoms with Crippen molar-refractivity contribution in [1.82, 2.24) is 0 Å². The minimum atomic E-state index is -3.72. The summed E-state index contributed by atoms with van der Waals surface area (Å²) >= 11 is 1.12. The predicted molar refractivity (Wildman–Crippen MR) is 90.0 cm³/mol. The van der Waals surface area contributed by atoms with Crippen LogP contribution in [-0.2, 0) is 10.0 Å². The molecule has 2 aromatic rings. The first-order chi connectivity index (χ1) is 11.0. The lowest BCUT2D eigenvalue weighted by Crippen LogP contribution is -2.21. The van der Waals surface area contributed by atoms with Gasteiger partial charge < -0.3 is 10.0 Å². The highest BCUT2D eigenvalue weighted by Crippen LogP contribution is 2.32. The topological polar surface area (TPSA) is 86.7 Å². The van der Waals surface area contributed by atoms with Crippen molar-refractivity contribution < 1.29 is 18.3 Å². The third kappa shape index (κ3) is 3.32. The van der Waals surface area contributed by atoms with Gasteiger partial charge in [-0.2, -0.15) is 0 Å². The Morgan fingerprint density at radius 1 is 1.22 bits per heavy atom. The molecule has 0 amide bonds. The van der Waals surface area contributed by atoms with Crippen molar-refractivity contribution >= 4 is 38.7 Å². The minimum absolute atomic E-state index is 0.0526. The van der Waals surface area contributed by atoms with Crippen molar-refractivity contribution in [2.24, 2.45) is 0 Å². The number of nitrogens with zero attached hydrogens (tertiary/aromatic N) is 1. The molecule has 2 N–H and O–H groups in total. The lowest BCUT2D eigenvalue weighted by atomic mass is 10.1. The second kappa shape index (κ2) is 6.21. The van der Waals surface area contributed by atoms with Gasteiger partial charge in [-0.05, 0) is 42.5 Å². The fourth-order valence-electron chi connectivity index (χ4n) is 2.60. The molecule has 1 aliphatic heterocycles. The summed E-state index contributed by atoms with van der Waals surface area (Å²) in [5.41, 5.74) is 1.07. The molecule has 0 radical (unpaired) electrons.